The molecular formula is C20H23N3O. The number of hydrogen-bond donors (Lipinski definition) is 2. The Morgan fingerprint density at radius 3 is 3.04 bits per heavy atom. The lowest BCUT2D eigenvalue weighted by molar-refractivity contribution is 0.167. The number of fused-ring (bicyclic) bond motifs is 1. The van der Waals surface area contributed by atoms with Crippen LogP contribution >= 0.6 is 0 Å². The lowest BCUT2D eigenvalue weighted by Crippen LogP contribution is -2.35. The summed E-state index contributed by atoms with van der Waals surface area (Å²) in [6, 6.07) is 14.2. The largest absolute Gasteiger partial charge is 0.508 e. The zero-order chi connectivity index (χ0) is 16.4. The lowest BCUT2D eigenvalue weighted by atomic mass is 9.90. The Labute approximate surface area is 142 Å². The van der Waals surface area contributed by atoms with Crippen molar-refractivity contribution in [1.29, 1.82) is 0 Å². The minimum Gasteiger partial charge on any atom is -0.508 e. The molecule has 1 aliphatic rings. The number of aromatic nitrogens is 2. The van der Waals surface area contributed by atoms with Crippen LogP contribution in [0.5, 0.6) is 5.75 Å². The quantitative estimate of drug-likeness (QED) is 0.770. The fraction of sp³-hybridized carbons (Fsp3) is 0.350. The molecule has 2 heterocycles. The number of H-pyrrole nitrogens is 1. The molecule has 1 saturated heterocycles. The molecule has 0 bridgehead atoms. The maximum absolute atomic E-state index is 9.63. The van der Waals surface area contributed by atoms with Crippen LogP contribution in [0.25, 0.3) is 10.9 Å². The minimum atomic E-state index is 0.356. The summed E-state index contributed by atoms with van der Waals surface area (Å²) in [5.41, 5.74) is 3.69. The molecule has 124 valence electrons. The van der Waals surface area contributed by atoms with Gasteiger partial charge in [0.05, 0.1) is 11.7 Å². The van der Waals surface area contributed by atoms with Gasteiger partial charge in [-0.1, -0.05) is 18.2 Å². The van der Waals surface area contributed by atoms with Crippen LogP contribution in [0.4, 0.5) is 0 Å². The van der Waals surface area contributed by atoms with Crippen LogP contribution < -0.4 is 0 Å². The van der Waals surface area contributed by atoms with Gasteiger partial charge in [-0.15, -0.1) is 0 Å². The van der Waals surface area contributed by atoms with Gasteiger partial charge >= 0.3 is 0 Å². The molecule has 4 heteroatoms. The molecule has 2 aromatic carbocycles. The van der Waals surface area contributed by atoms with Crippen molar-refractivity contribution >= 4 is 10.9 Å². The number of nitrogens with one attached hydrogen (secondary N) is 1. The van der Waals surface area contributed by atoms with E-state index in [2.05, 4.69) is 39.4 Å². The normalized spacial score (nSPS) is 18.9. The van der Waals surface area contributed by atoms with Gasteiger partial charge in [-0.2, -0.15) is 5.10 Å². The molecule has 0 radical (unpaired) electrons. The number of aromatic amines is 1. The summed E-state index contributed by atoms with van der Waals surface area (Å²) in [4.78, 5) is 2.51. The van der Waals surface area contributed by atoms with E-state index in [1.165, 1.54) is 29.4 Å². The Morgan fingerprint density at radius 1 is 1.17 bits per heavy atom. The molecule has 1 aromatic heterocycles. The highest BCUT2D eigenvalue weighted by atomic mass is 16.3. The predicted molar refractivity (Wildman–Crippen MR) is 95.9 cm³/mol. The first-order valence-corrected chi connectivity index (χ1v) is 8.68. The SMILES string of the molecule is Oc1cccc(CN2CCC[C@H](Cc3ccc4[nH]ncc4c3)C2)c1. The van der Waals surface area contributed by atoms with Gasteiger partial charge in [0.25, 0.3) is 0 Å². The van der Waals surface area contributed by atoms with Crippen molar-refractivity contribution in [3.05, 3.63) is 59.8 Å². The summed E-state index contributed by atoms with van der Waals surface area (Å²) in [6.07, 6.45) is 5.56. The van der Waals surface area contributed by atoms with Gasteiger partial charge in [0.1, 0.15) is 5.75 Å². The third-order valence-electron chi connectivity index (χ3n) is 4.95. The van der Waals surface area contributed by atoms with Crippen LogP contribution in [0.2, 0.25) is 0 Å². The predicted octanol–water partition coefficient (Wildman–Crippen LogP) is 3.72. The number of piperidine rings is 1. The van der Waals surface area contributed by atoms with E-state index in [1.807, 2.05) is 18.3 Å². The smallest absolute Gasteiger partial charge is 0.115 e. The molecule has 1 atom stereocenters. The molecular weight excluding hydrogens is 298 g/mol. The van der Waals surface area contributed by atoms with E-state index in [-0.39, 0.29) is 0 Å². The molecule has 3 aromatic rings. The van der Waals surface area contributed by atoms with Gasteiger partial charge in [0.15, 0.2) is 0 Å². The summed E-state index contributed by atoms with van der Waals surface area (Å²) in [5.74, 6) is 1.05. The van der Waals surface area contributed by atoms with Crippen molar-refractivity contribution in [2.24, 2.45) is 5.92 Å². The molecule has 0 aliphatic carbocycles. The van der Waals surface area contributed by atoms with E-state index >= 15 is 0 Å². The molecule has 1 aliphatic heterocycles. The first-order chi connectivity index (χ1) is 11.8. The first-order valence-electron chi connectivity index (χ1n) is 8.68. The lowest BCUT2D eigenvalue weighted by Gasteiger charge is -2.33. The van der Waals surface area contributed by atoms with E-state index in [0.29, 0.717) is 11.7 Å². The number of likely N-dealkylation sites (tertiary alicyclic amines) is 1. The van der Waals surface area contributed by atoms with Crippen LogP contribution in [0.15, 0.2) is 48.7 Å². The van der Waals surface area contributed by atoms with Crippen molar-refractivity contribution in [3.63, 3.8) is 0 Å². The Hall–Kier alpha value is -2.33. The fourth-order valence-electron chi connectivity index (χ4n) is 3.83. The van der Waals surface area contributed by atoms with Crippen LogP contribution in [0, 0.1) is 5.92 Å². The Balaban J connectivity index is 1.40. The zero-order valence-electron chi connectivity index (χ0n) is 13.8. The first kappa shape index (κ1) is 15.2. The van der Waals surface area contributed by atoms with Crippen molar-refractivity contribution in [2.75, 3.05) is 13.1 Å². The van der Waals surface area contributed by atoms with E-state index in [0.717, 1.165) is 31.6 Å². The summed E-state index contributed by atoms with van der Waals surface area (Å²) < 4.78 is 0. The van der Waals surface area contributed by atoms with E-state index < -0.39 is 0 Å². The average molecular weight is 321 g/mol. The third-order valence-corrected chi connectivity index (χ3v) is 4.95. The van der Waals surface area contributed by atoms with Gasteiger partial charge in [0, 0.05) is 18.5 Å². The fourth-order valence-corrected chi connectivity index (χ4v) is 3.83. The maximum Gasteiger partial charge on any atom is 0.115 e. The van der Waals surface area contributed by atoms with Crippen molar-refractivity contribution in [3.8, 4) is 5.75 Å². The van der Waals surface area contributed by atoms with Gasteiger partial charge < -0.3 is 5.11 Å². The summed E-state index contributed by atoms with van der Waals surface area (Å²) >= 11 is 0. The maximum atomic E-state index is 9.63. The van der Waals surface area contributed by atoms with Gasteiger partial charge in [0.2, 0.25) is 0 Å². The van der Waals surface area contributed by atoms with Crippen molar-refractivity contribution in [1.82, 2.24) is 15.1 Å². The van der Waals surface area contributed by atoms with Crippen molar-refractivity contribution < 1.29 is 5.11 Å². The minimum absolute atomic E-state index is 0.356. The molecule has 0 amide bonds. The van der Waals surface area contributed by atoms with Gasteiger partial charge in [-0.25, -0.2) is 0 Å². The highest BCUT2D eigenvalue weighted by Gasteiger charge is 2.20. The second-order valence-corrected chi connectivity index (χ2v) is 6.91. The van der Waals surface area contributed by atoms with E-state index in [9.17, 15) is 5.11 Å². The number of hydrogen-bond acceptors (Lipinski definition) is 3. The summed E-state index contributed by atoms with van der Waals surface area (Å²) in [7, 11) is 0. The zero-order valence-corrected chi connectivity index (χ0v) is 13.8. The molecule has 0 saturated carbocycles. The Morgan fingerprint density at radius 2 is 2.12 bits per heavy atom. The number of rotatable bonds is 4. The van der Waals surface area contributed by atoms with Gasteiger partial charge in [-0.05, 0) is 67.1 Å². The molecule has 4 nitrogen and oxygen atoms in total. The Bertz CT molecular complexity index is 826. The van der Waals surface area contributed by atoms with Crippen LogP contribution in [-0.2, 0) is 13.0 Å². The number of phenols is 1. The number of phenolic OH excluding ortho intramolecular Hbond substituents is 1. The van der Waals surface area contributed by atoms with Crippen LogP contribution in [0.3, 0.4) is 0 Å². The van der Waals surface area contributed by atoms with Crippen molar-refractivity contribution in [2.45, 2.75) is 25.8 Å². The number of benzene rings is 2. The highest BCUT2D eigenvalue weighted by Crippen LogP contribution is 2.24. The van der Waals surface area contributed by atoms with E-state index in [4.69, 9.17) is 0 Å². The standard InChI is InChI=1S/C20H23N3O/c24-19-5-1-3-17(11-19)14-23-8-2-4-16(13-23)9-15-6-7-20-18(10-15)12-21-22-20/h1,3,5-7,10-12,16,24H,2,4,8-9,13-14H2,(H,21,22)/t16-/m1/s1. The second kappa shape index (κ2) is 6.65. The van der Waals surface area contributed by atoms with Crippen LogP contribution in [0.1, 0.15) is 24.0 Å². The Kier molecular flexibility index (Phi) is 4.22. The summed E-state index contributed by atoms with van der Waals surface area (Å²) in [6.45, 7) is 3.19. The van der Waals surface area contributed by atoms with Gasteiger partial charge in [-0.3, -0.25) is 10.00 Å². The molecule has 0 unspecified atom stereocenters. The highest BCUT2D eigenvalue weighted by molar-refractivity contribution is 5.78. The van der Waals surface area contributed by atoms with E-state index in [1.54, 1.807) is 6.07 Å². The third kappa shape index (κ3) is 3.44. The molecule has 2 N–H and O–H groups in total. The molecule has 1 fully saturated rings. The summed E-state index contributed by atoms with van der Waals surface area (Å²) in [5, 5.41) is 17.9. The monoisotopic (exact) mass is 321 g/mol. The average Bonchev–Trinajstić information content (AvgIpc) is 3.03. The van der Waals surface area contributed by atoms with Crippen LogP contribution in [-0.4, -0.2) is 33.3 Å². The number of aromatic hydroxyl groups is 1. The topological polar surface area (TPSA) is 52.1 Å². The second-order valence-electron chi connectivity index (χ2n) is 6.91. The molecule has 0 spiro atoms. The number of nitrogens with zero attached hydrogens (tertiary/aromatic N) is 2. The molecule has 4 rings (SSSR count). The molecule has 24 heavy (non-hydrogen) atoms.